The molecule has 0 radical (unpaired) electrons. The first kappa shape index (κ1) is 15.8. The molecule has 0 bridgehead atoms. The number of aromatic nitrogens is 1. The molecule has 0 fully saturated rings. The normalized spacial score (nSPS) is 10.4. The third-order valence-electron chi connectivity index (χ3n) is 3.11. The number of nitrogens with zero attached hydrogens (tertiary/aromatic N) is 2. The lowest BCUT2D eigenvalue weighted by Crippen LogP contribution is -2.34. The van der Waals surface area contributed by atoms with E-state index in [4.69, 9.17) is 0 Å². The third kappa shape index (κ3) is 4.22. The molecule has 5 heteroatoms. The molecule has 1 aromatic carbocycles. The zero-order valence-electron chi connectivity index (χ0n) is 13.2. The first-order valence-electron chi connectivity index (χ1n) is 7.46. The van der Waals surface area contributed by atoms with E-state index in [-0.39, 0.29) is 12.1 Å². The first-order valence-corrected chi connectivity index (χ1v) is 7.46. The topological polar surface area (TPSA) is 57.3 Å². The molecule has 1 heterocycles. The number of amides is 2. The number of anilines is 3. The van der Waals surface area contributed by atoms with Crippen LogP contribution in [0.2, 0.25) is 0 Å². The van der Waals surface area contributed by atoms with Gasteiger partial charge in [-0.25, -0.2) is 9.78 Å². The van der Waals surface area contributed by atoms with Gasteiger partial charge in [0.15, 0.2) is 0 Å². The number of benzene rings is 1. The molecular weight excluding hydrogens is 276 g/mol. The lowest BCUT2D eigenvalue weighted by Gasteiger charge is -2.23. The second-order valence-electron chi connectivity index (χ2n) is 5.23. The summed E-state index contributed by atoms with van der Waals surface area (Å²) in [4.78, 5) is 18.1. The first-order chi connectivity index (χ1) is 10.6. The van der Waals surface area contributed by atoms with Crippen LogP contribution in [0.4, 0.5) is 22.0 Å². The lowest BCUT2D eigenvalue weighted by molar-refractivity contribution is 0.250. The van der Waals surface area contributed by atoms with Gasteiger partial charge < -0.3 is 10.2 Å². The highest BCUT2D eigenvalue weighted by Gasteiger charge is 2.08. The SMILES string of the molecule is CCN(c1ccccc1)c1ccc(NC(=O)NC(C)C)nc1. The molecule has 0 aliphatic rings. The molecule has 0 unspecified atom stereocenters. The number of urea groups is 1. The highest BCUT2D eigenvalue weighted by molar-refractivity contribution is 5.88. The van der Waals surface area contributed by atoms with Gasteiger partial charge in [0.1, 0.15) is 5.82 Å². The van der Waals surface area contributed by atoms with Crippen LogP contribution in [-0.4, -0.2) is 23.6 Å². The fourth-order valence-electron chi connectivity index (χ4n) is 2.16. The number of nitrogens with one attached hydrogen (secondary N) is 2. The fraction of sp³-hybridized carbons (Fsp3) is 0.294. The average molecular weight is 298 g/mol. The van der Waals surface area contributed by atoms with Gasteiger partial charge in [-0.3, -0.25) is 5.32 Å². The van der Waals surface area contributed by atoms with E-state index >= 15 is 0 Å². The molecular formula is C17H22N4O. The Morgan fingerprint density at radius 1 is 1.14 bits per heavy atom. The summed E-state index contributed by atoms with van der Waals surface area (Å²) in [5, 5.41) is 5.48. The van der Waals surface area contributed by atoms with E-state index in [0.717, 1.165) is 17.9 Å². The molecule has 0 atom stereocenters. The van der Waals surface area contributed by atoms with E-state index in [1.165, 1.54) is 0 Å². The summed E-state index contributed by atoms with van der Waals surface area (Å²) in [7, 11) is 0. The molecule has 0 spiro atoms. The molecule has 2 N–H and O–H groups in total. The molecule has 2 rings (SSSR count). The van der Waals surface area contributed by atoms with Gasteiger partial charge in [-0.1, -0.05) is 18.2 Å². The second-order valence-corrected chi connectivity index (χ2v) is 5.23. The van der Waals surface area contributed by atoms with Gasteiger partial charge in [-0.15, -0.1) is 0 Å². The van der Waals surface area contributed by atoms with Gasteiger partial charge in [0, 0.05) is 18.3 Å². The van der Waals surface area contributed by atoms with Crippen molar-refractivity contribution in [1.29, 1.82) is 0 Å². The Balaban J connectivity index is 2.09. The summed E-state index contributed by atoms with van der Waals surface area (Å²) in [5.41, 5.74) is 2.11. The van der Waals surface area contributed by atoms with Gasteiger partial charge in [-0.05, 0) is 45.0 Å². The Morgan fingerprint density at radius 3 is 2.41 bits per heavy atom. The van der Waals surface area contributed by atoms with E-state index in [1.807, 2.05) is 38.1 Å². The van der Waals surface area contributed by atoms with Gasteiger partial charge in [-0.2, -0.15) is 0 Å². The molecule has 1 aromatic heterocycles. The number of carbonyl (C=O) groups excluding carboxylic acids is 1. The van der Waals surface area contributed by atoms with Gasteiger partial charge in [0.2, 0.25) is 0 Å². The predicted octanol–water partition coefficient (Wildman–Crippen LogP) is 3.77. The summed E-state index contributed by atoms with van der Waals surface area (Å²) < 4.78 is 0. The zero-order valence-corrected chi connectivity index (χ0v) is 13.2. The van der Waals surface area contributed by atoms with E-state index < -0.39 is 0 Å². The maximum Gasteiger partial charge on any atom is 0.320 e. The van der Waals surface area contributed by atoms with Crippen LogP contribution < -0.4 is 15.5 Å². The highest BCUT2D eigenvalue weighted by Crippen LogP contribution is 2.24. The zero-order chi connectivity index (χ0) is 15.9. The monoisotopic (exact) mass is 298 g/mol. The molecule has 0 aliphatic carbocycles. The number of hydrogen-bond acceptors (Lipinski definition) is 3. The Morgan fingerprint density at radius 2 is 1.86 bits per heavy atom. The van der Waals surface area contributed by atoms with Crippen LogP contribution in [0, 0.1) is 0 Å². The van der Waals surface area contributed by atoms with E-state index in [1.54, 1.807) is 12.3 Å². The van der Waals surface area contributed by atoms with Crippen LogP contribution in [0.3, 0.4) is 0 Å². The molecule has 0 aliphatic heterocycles. The van der Waals surface area contributed by atoms with Crippen molar-refractivity contribution in [3.05, 3.63) is 48.7 Å². The van der Waals surface area contributed by atoms with Crippen LogP contribution >= 0.6 is 0 Å². The smallest absolute Gasteiger partial charge is 0.320 e. The van der Waals surface area contributed by atoms with Crippen molar-refractivity contribution in [1.82, 2.24) is 10.3 Å². The maximum atomic E-state index is 11.6. The molecule has 0 saturated carbocycles. The van der Waals surface area contributed by atoms with Crippen LogP contribution in [0.1, 0.15) is 20.8 Å². The summed E-state index contributed by atoms with van der Waals surface area (Å²) in [6, 6.07) is 13.7. The summed E-state index contributed by atoms with van der Waals surface area (Å²) in [6.07, 6.45) is 1.77. The molecule has 0 saturated heterocycles. The van der Waals surface area contributed by atoms with Crippen LogP contribution in [-0.2, 0) is 0 Å². The van der Waals surface area contributed by atoms with Crippen molar-refractivity contribution in [2.75, 3.05) is 16.8 Å². The predicted molar refractivity (Wildman–Crippen MR) is 90.6 cm³/mol. The molecule has 22 heavy (non-hydrogen) atoms. The number of pyridine rings is 1. The van der Waals surface area contributed by atoms with E-state index in [0.29, 0.717) is 5.82 Å². The van der Waals surface area contributed by atoms with Gasteiger partial charge in [0.25, 0.3) is 0 Å². The third-order valence-corrected chi connectivity index (χ3v) is 3.11. The Labute approximate surface area is 131 Å². The summed E-state index contributed by atoms with van der Waals surface area (Å²) in [6.45, 7) is 6.76. The van der Waals surface area contributed by atoms with Crippen molar-refractivity contribution >= 4 is 23.2 Å². The number of para-hydroxylation sites is 1. The van der Waals surface area contributed by atoms with Crippen molar-refractivity contribution < 1.29 is 4.79 Å². The van der Waals surface area contributed by atoms with Gasteiger partial charge >= 0.3 is 6.03 Å². The number of rotatable bonds is 5. The lowest BCUT2D eigenvalue weighted by atomic mass is 10.2. The number of hydrogen-bond donors (Lipinski definition) is 2. The summed E-state index contributed by atoms with van der Waals surface area (Å²) >= 11 is 0. The number of carbonyl (C=O) groups is 1. The highest BCUT2D eigenvalue weighted by atomic mass is 16.2. The van der Waals surface area contributed by atoms with Crippen LogP contribution in [0.25, 0.3) is 0 Å². The minimum atomic E-state index is -0.245. The summed E-state index contributed by atoms with van der Waals surface area (Å²) in [5.74, 6) is 0.533. The largest absolute Gasteiger partial charge is 0.341 e. The average Bonchev–Trinajstić information content (AvgIpc) is 2.50. The second kappa shape index (κ2) is 7.45. The minimum Gasteiger partial charge on any atom is -0.341 e. The Kier molecular flexibility index (Phi) is 5.36. The minimum absolute atomic E-state index is 0.0907. The van der Waals surface area contributed by atoms with Crippen molar-refractivity contribution in [3.8, 4) is 0 Å². The van der Waals surface area contributed by atoms with Crippen LogP contribution in [0.15, 0.2) is 48.7 Å². The van der Waals surface area contributed by atoms with Gasteiger partial charge in [0.05, 0.1) is 11.9 Å². The molecule has 2 aromatic rings. The van der Waals surface area contributed by atoms with Crippen molar-refractivity contribution in [2.24, 2.45) is 0 Å². The van der Waals surface area contributed by atoms with Crippen molar-refractivity contribution in [2.45, 2.75) is 26.8 Å². The quantitative estimate of drug-likeness (QED) is 0.883. The molecule has 5 nitrogen and oxygen atoms in total. The van der Waals surface area contributed by atoms with E-state index in [9.17, 15) is 4.79 Å². The van der Waals surface area contributed by atoms with Crippen LogP contribution in [0.5, 0.6) is 0 Å². The maximum absolute atomic E-state index is 11.6. The Hall–Kier alpha value is -2.56. The Bertz CT molecular complexity index is 596. The van der Waals surface area contributed by atoms with E-state index in [2.05, 4.69) is 39.6 Å². The molecule has 116 valence electrons. The fourth-order valence-corrected chi connectivity index (χ4v) is 2.16. The van der Waals surface area contributed by atoms with Crippen molar-refractivity contribution in [3.63, 3.8) is 0 Å². The standard InChI is InChI=1S/C17H22N4O/c1-4-21(14-8-6-5-7-9-14)15-10-11-16(18-12-15)20-17(22)19-13(2)3/h5-13H,4H2,1-3H3,(H2,18,19,20,22). The molecule has 2 amide bonds.